The number of hydrogen-bond donors (Lipinski definition) is 2. The standard InChI is InChI=1S/CH2NO3P/c2-6(5)1(3)4/h(H2-,2,3,4,5)/p+1. The average molecular weight is 108 g/mol. The fraction of sp³-hybridized carbons (Fsp3) is 0. The number of carboxylic acid groups (broad SMARTS) is 1. The van der Waals surface area contributed by atoms with E-state index in [1.54, 1.807) is 0 Å². The van der Waals surface area contributed by atoms with Crippen LogP contribution in [0.5, 0.6) is 0 Å². The van der Waals surface area contributed by atoms with Crippen LogP contribution in [0.1, 0.15) is 0 Å². The molecule has 0 bridgehead atoms. The molecule has 0 heterocycles. The maximum absolute atomic E-state index is 9.47. The van der Waals surface area contributed by atoms with Crippen molar-refractivity contribution in [2.24, 2.45) is 5.50 Å². The van der Waals surface area contributed by atoms with Gasteiger partial charge in [-0.3, -0.25) is 0 Å². The summed E-state index contributed by atoms with van der Waals surface area (Å²) in [6.07, 6.45) is 0. The first-order valence-electron chi connectivity index (χ1n) is 1.09. The van der Waals surface area contributed by atoms with Gasteiger partial charge in [-0.05, 0) is 4.57 Å². The summed E-state index contributed by atoms with van der Waals surface area (Å²) in [5.41, 5.74) is 2.89. The molecule has 0 aliphatic carbocycles. The molecular weight excluding hydrogens is 105 g/mol. The average Bonchev–Trinajstić information content (AvgIpc) is 1.36. The maximum Gasteiger partial charge on any atom is 0.574 e. The Kier molecular flexibility index (Phi) is 1.70. The van der Waals surface area contributed by atoms with Gasteiger partial charge < -0.3 is 5.11 Å². The molecular formula is CH3NO3P+. The van der Waals surface area contributed by atoms with Gasteiger partial charge in [-0.15, -0.1) is 5.50 Å². The Bertz CT molecular complexity index is 76.8. The Balaban J connectivity index is 3.57. The third-order valence-electron chi connectivity index (χ3n) is 0.189. The van der Waals surface area contributed by atoms with Gasteiger partial charge in [0.05, 0.1) is 0 Å². The first-order chi connectivity index (χ1) is 2.64. The quantitative estimate of drug-likeness (QED) is 0.475. The zero-order valence-electron chi connectivity index (χ0n) is 2.79. The molecule has 0 amide bonds. The maximum atomic E-state index is 9.47. The second-order valence-corrected chi connectivity index (χ2v) is 1.64. The van der Waals surface area contributed by atoms with Gasteiger partial charge in [0.2, 0.25) is 0 Å². The van der Waals surface area contributed by atoms with Gasteiger partial charge in [-0.2, -0.15) is 4.79 Å². The molecule has 5 heteroatoms. The summed E-state index contributed by atoms with van der Waals surface area (Å²) in [5, 5.41) is 7.58. The van der Waals surface area contributed by atoms with Gasteiger partial charge in [0.15, 0.2) is 0 Å². The van der Waals surface area contributed by atoms with Crippen LogP contribution in [0.4, 0.5) is 4.79 Å². The lowest BCUT2D eigenvalue weighted by atomic mass is 11.6. The molecule has 0 aromatic heterocycles. The molecule has 0 radical (unpaired) electrons. The van der Waals surface area contributed by atoms with Gasteiger partial charge in [-0.1, -0.05) is 0 Å². The lowest BCUT2D eigenvalue weighted by Gasteiger charge is -1.57. The van der Waals surface area contributed by atoms with E-state index in [1.807, 2.05) is 0 Å². The van der Waals surface area contributed by atoms with E-state index in [2.05, 4.69) is 5.50 Å². The zero-order chi connectivity index (χ0) is 5.15. The third kappa shape index (κ3) is 1.81. The zero-order valence-corrected chi connectivity index (χ0v) is 3.68. The van der Waals surface area contributed by atoms with Crippen molar-refractivity contribution in [1.82, 2.24) is 0 Å². The monoisotopic (exact) mass is 108 g/mol. The fourth-order valence-electron chi connectivity index (χ4n) is 0. The number of nitrogens with two attached hydrogens (primary N) is 1. The minimum Gasteiger partial charge on any atom is -0.442 e. The molecule has 1 atom stereocenters. The third-order valence-corrected chi connectivity index (χ3v) is 0.566. The van der Waals surface area contributed by atoms with Gasteiger partial charge in [0, 0.05) is 0 Å². The second kappa shape index (κ2) is 1.85. The highest BCUT2D eigenvalue weighted by atomic mass is 31.1. The molecule has 34 valence electrons. The van der Waals surface area contributed by atoms with E-state index in [1.165, 1.54) is 0 Å². The van der Waals surface area contributed by atoms with Crippen LogP contribution in [0.3, 0.4) is 0 Å². The normalized spacial score (nSPS) is 10.5. The molecule has 0 aliphatic rings. The molecule has 0 fully saturated rings. The van der Waals surface area contributed by atoms with Crippen molar-refractivity contribution < 1.29 is 14.5 Å². The Morgan fingerprint density at radius 3 is 2.00 bits per heavy atom. The van der Waals surface area contributed by atoms with E-state index in [-0.39, 0.29) is 0 Å². The van der Waals surface area contributed by atoms with Gasteiger partial charge in [-0.25, -0.2) is 0 Å². The summed E-state index contributed by atoms with van der Waals surface area (Å²) in [6, 6.07) is 0. The summed E-state index contributed by atoms with van der Waals surface area (Å²) < 4.78 is 9.47. The van der Waals surface area contributed by atoms with Crippen molar-refractivity contribution >= 4 is 13.7 Å². The summed E-state index contributed by atoms with van der Waals surface area (Å²) >= 11 is 0. The van der Waals surface area contributed by atoms with Crippen molar-refractivity contribution in [2.75, 3.05) is 0 Å². The first-order valence-corrected chi connectivity index (χ1v) is 2.42. The first kappa shape index (κ1) is 5.53. The molecule has 1 unspecified atom stereocenters. The molecule has 0 spiro atoms. The lowest BCUT2D eigenvalue weighted by molar-refractivity contribution is 0.220. The summed E-state index contributed by atoms with van der Waals surface area (Å²) in [5.74, 6) is 0. The Labute approximate surface area is 34.8 Å². The van der Waals surface area contributed by atoms with Crippen LogP contribution in [0, 0.1) is 0 Å². The minimum absolute atomic E-state index is 1.45. The van der Waals surface area contributed by atoms with Crippen molar-refractivity contribution in [1.29, 1.82) is 0 Å². The molecule has 0 aromatic rings. The Morgan fingerprint density at radius 1 is 1.83 bits per heavy atom. The van der Waals surface area contributed by atoms with Gasteiger partial charge in [0.25, 0.3) is 0 Å². The van der Waals surface area contributed by atoms with E-state index in [0.717, 1.165) is 0 Å². The van der Waals surface area contributed by atoms with Crippen LogP contribution in [-0.4, -0.2) is 10.8 Å². The van der Waals surface area contributed by atoms with Crippen LogP contribution in [0.15, 0.2) is 0 Å². The molecule has 6 heavy (non-hydrogen) atoms. The van der Waals surface area contributed by atoms with Gasteiger partial charge in [0.1, 0.15) is 0 Å². The highest BCUT2D eigenvalue weighted by molar-refractivity contribution is 7.60. The molecule has 0 aromatic carbocycles. The second-order valence-electron chi connectivity index (χ2n) is 0.608. The van der Waals surface area contributed by atoms with Crippen molar-refractivity contribution in [3.05, 3.63) is 0 Å². The molecule has 3 N–H and O–H groups in total. The van der Waals surface area contributed by atoms with Crippen molar-refractivity contribution in [2.45, 2.75) is 0 Å². The molecule has 4 nitrogen and oxygen atoms in total. The highest BCUT2D eigenvalue weighted by Gasteiger charge is 2.19. The summed E-state index contributed by atoms with van der Waals surface area (Å²) in [6.45, 7) is 0. The highest BCUT2D eigenvalue weighted by Crippen LogP contribution is 2.05. The summed E-state index contributed by atoms with van der Waals surface area (Å²) in [4.78, 5) is 9.29. The van der Waals surface area contributed by atoms with Crippen LogP contribution >= 0.6 is 7.95 Å². The SMILES string of the molecule is N[P+](=O)C(=O)O. The topological polar surface area (TPSA) is 80.4 Å². The number of rotatable bonds is 1. The fourth-order valence-corrected chi connectivity index (χ4v) is 0. The van der Waals surface area contributed by atoms with E-state index in [9.17, 15) is 9.36 Å². The van der Waals surface area contributed by atoms with E-state index in [0.29, 0.717) is 0 Å². The van der Waals surface area contributed by atoms with Crippen LogP contribution in [-0.2, 0) is 4.57 Å². The van der Waals surface area contributed by atoms with E-state index >= 15 is 0 Å². The van der Waals surface area contributed by atoms with Crippen molar-refractivity contribution in [3.8, 4) is 0 Å². The van der Waals surface area contributed by atoms with Crippen LogP contribution in [0.25, 0.3) is 0 Å². The Morgan fingerprint density at radius 2 is 2.00 bits per heavy atom. The molecule has 0 rings (SSSR count). The van der Waals surface area contributed by atoms with Crippen LogP contribution < -0.4 is 5.50 Å². The largest absolute Gasteiger partial charge is 0.574 e. The number of hydrogen-bond acceptors (Lipinski definition) is 2. The van der Waals surface area contributed by atoms with E-state index in [4.69, 9.17) is 5.11 Å². The van der Waals surface area contributed by atoms with Gasteiger partial charge >= 0.3 is 13.7 Å². The predicted molar refractivity (Wildman–Crippen MR) is 19.8 cm³/mol. The predicted octanol–water partition coefficient (Wildman–Crippen LogP) is 0.366. The van der Waals surface area contributed by atoms with Crippen LogP contribution in [0.2, 0.25) is 0 Å². The van der Waals surface area contributed by atoms with Crippen molar-refractivity contribution in [3.63, 3.8) is 0 Å². The number of carbonyl (C=O) groups is 1. The molecule has 0 aliphatic heterocycles. The molecule has 0 saturated heterocycles. The van der Waals surface area contributed by atoms with E-state index < -0.39 is 13.7 Å². The molecule has 0 saturated carbocycles. The summed E-state index contributed by atoms with van der Waals surface area (Å²) in [7, 11) is -2.49. The minimum atomic E-state index is -2.49. The Hall–Kier alpha value is -0.470. The smallest absolute Gasteiger partial charge is 0.442 e. The lowest BCUT2D eigenvalue weighted by Crippen LogP contribution is -1.88.